The van der Waals surface area contributed by atoms with Gasteiger partial charge in [0.15, 0.2) is 0 Å². The summed E-state index contributed by atoms with van der Waals surface area (Å²) in [5.74, 6) is 0.969. The first-order chi connectivity index (χ1) is 13.4. The Morgan fingerprint density at radius 3 is 1.93 bits per heavy atom. The molecule has 1 amide bonds. The van der Waals surface area contributed by atoms with E-state index in [1.54, 1.807) is 55.6 Å². The van der Waals surface area contributed by atoms with Gasteiger partial charge >= 0.3 is 6.18 Å². The fourth-order valence-electron chi connectivity index (χ4n) is 2.51. The number of carbonyl (C=O) groups is 1. The summed E-state index contributed by atoms with van der Waals surface area (Å²) in [5.41, 5.74) is -1.07. The molecule has 0 bridgehead atoms. The molecule has 0 aliphatic carbocycles. The van der Waals surface area contributed by atoms with Gasteiger partial charge in [-0.1, -0.05) is 12.1 Å². The summed E-state index contributed by atoms with van der Waals surface area (Å²) in [6, 6.07) is 17.9. The number of amides is 1. The topological polar surface area (TPSA) is 47.6 Å². The number of nitrogens with one attached hydrogen (secondary N) is 1. The Labute approximate surface area is 159 Å². The van der Waals surface area contributed by atoms with E-state index in [4.69, 9.17) is 9.47 Å². The highest BCUT2D eigenvalue weighted by Crippen LogP contribution is 2.32. The highest BCUT2D eigenvalue weighted by molar-refractivity contribution is 6.05. The van der Waals surface area contributed by atoms with E-state index in [0.717, 1.165) is 12.1 Å². The molecule has 4 nitrogen and oxygen atoms in total. The third-order valence-electron chi connectivity index (χ3n) is 3.88. The van der Waals surface area contributed by atoms with Gasteiger partial charge in [0, 0.05) is 5.69 Å². The number of methoxy groups -OCH3 is 1. The summed E-state index contributed by atoms with van der Waals surface area (Å²) < 4.78 is 49.9. The van der Waals surface area contributed by atoms with Gasteiger partial charge in [0.1, 0.15) is 17.2 Å². The van der Waals surface area contributed by atoms with Crippen LogP contribution in [0.15, 0.2) is 72.8 Å². The molecule has 1 N–H and O–H groups in total. The van der Waals surface area contributed by atoms with E-state index in [2.05, 4.69) is 5.32 Å². The minimum absolute atomic E-state index is 0.351. The van der Waals surface area contributed by atoms with Crippen LogP contribution in [0, 0.1) is 0 Å². The Kier molecular flexibility index (Phi) is 5.54. The van der Waals surface area contributed by atoms with Crippen LogP contribution in [-0.2, 0) is 6.18 Å². The van der Waals surface area contributed by atoms with Crippen LogP contribution in [0.3, 0.4) is 0 Å². The van der Waals surface area contributed by atoms with Crippen molar-refractivity contribution in [3.05, 3.63) is 83.9 Å². The third-order valence-corrected chi connectivity index (χ3v) is 3.88. The summed E-state index contributed by atoms with van der Waals surface area (Å²) in [4.78, 5) is 12.3. The normalized spacial score (nSPS) is 11.0. The van der Waals surface area contributed by atoms with Gasteiger partial charge in [0.25, 0.3) is 5.91 Å². The second-order valence-electron chi connectivity index (χ2n) is 5.80. The van der Waals surface area contributed by atoms with Crippen LogP contribution in [-0.4, -0.2) is 13.0 Å². The molecule has 0 heterocycles. The maximum absolute atomic E-state index is 13.1. The van der Waals surface area contributed by atoms with Crippen molar-refractivity contribution in [1.82, 2.24) is 0 Å². The fraction of sp³-hybridized carbons (Fsp3) is 0.0952. The first-order valence-electron chi connectivity index (χ1n) is 8.26. The number of hydrogen-bond acceptors (Lipinski definition) is 3. The first-order valence-corrected chi connectivity index (χ1v) is 8.26. The van der Waals surface area contributed by atoms with Crippen LogP contribution in [0.25, 0.3) is 0 Å². The molecule has 3 aromatic rings. The first kappa shape index (κ1) is 19.3. The number of anilines is 1. The number of benzene rings is 3. The molecule has 0 saturated carbocycles. The highest BCUT2D eigenvalue weighted by atomic mass is 19.4. The molecule has 0 fully saturated rings. The van der Waals surface area contributed by atoms with E-state index in [-0.39, 0.29) is 0 Å². The van der Waals surface area contributed by atoms with Gasteiger partial charge in [0.2, 0.25) is 0 Å². The maximum atomic E-state index is 13.1. The van der Waals surface area contributed by atoms with Gasteiger partial charge in [0.05, 0.1) is 18.2 Å². The lowest BCUT2D eigenvalue weighted by atomic mass is 10.1. The SMILES string of the molecule is COc1ccc(Oc2ccc(NC(=O)c3ccccc3C(F)(F)F)cc2)cc1. The predicted octanol–water partition coefficient (Wildman–Crippen LogP) is 5.76. The van der Waals surface area contributed by atoms with E-state index in [1.807, 2.05) is 0 Å². The number of alkyl halides is 3. The Balaban J connectivity index is 1.70. The van der Waals surface area contributed by atoms with Crippen LogP contribution >= 0.6 is 0 Å². The summed E-state index contributed by atoms with van der Waals surface area (Å²) in [5, 5.41) is 2.47. The average Bonchev–Trinajstić information content (AvgIpc) is 2.69. The molecule has 0 aliphatic rings. The number of rotatable bonds is 5. The molecule has 28 heavy (non-hydrogen) atoms. The summed E-state index contributed by atoms with van der Waals surface area (Å²) in [6.07, 6.45) is -4.61. The Hall–Kier alpha value is -3.48. The zero-order valence-electron chi connectivity index (χ0n) is 14.8. The summed E-state index contributed by atoms with van der Waals surface area (Å²) in [6.45, 7) is 0. The zero-order chi connectivity index (χ0) is 20.1. The van der Waals surface area contributed by atoms with Crippen LogP contribution in [0.4, 0.5) is 18.9 Å². The van der Waals surface area contributed by atoms with Crippen LogP contribution in [0.1, 0.15) is 15.9 Å². The van der Waals surface area contributed by atoms with Gasteiger partial charge < -0.3 is 14.8 Å². The van der Waals surface area contributed by atoms with Crippen molar-refractivity contribution < 1.29 is 27.4 Å². The standard InChI is InChI=1S/C21H16F3NO3/c1-27-15-10-12-17(13-11-15)28-16-8-6-14(7-9-16)25-20(26)18-4-2-3-5-19(18)21(22,23)24/h2-13H,1H3,(H,25,26). The van der Waals surface area contributed by atoms with E-state index < -0.39 is 23.2 Å². The number of ether oxygens (including phenoxy) is 2. The lowest BCUT2D eigenvalue weighted by Crippen LogP contribution is -2.18. The Morgan fingerprint density at radius 1 is 0.821 bits per heavy atom. The van der Waals surface area contributed by atoms with E-state index in [9.17, 15) is 18.0 Å². The van der Waals surface area contributed by atoms with Crippen LogP contribution < -0.4 is 14.8 Å². The number of carbonyl (C=O) groups excluding carboxylic acids is 1. The summed E-state index contributed by atoms with van der Waals surface area (Å²) in [7, 11) is 1.57. The average molecular weight is 387 g/mol. The molecule has 0 aromatic heterocycles. The molecule has 0 atom stereocenters. The van der Waals surface area contributed by atoms with Crippen LogP contribution in [0.5, 0.6) is 17.2 Å². The van der Waals surface area contributed by atoms with Crippen molar-refractivity contribution in [1.29, 1.82) is 0 Å². The van der Waals surface area contributed by atoms with Crippen molar-refractivity contribution in [2.45, 2.75) is 6.18 Å². The quantitative estimate of drug-likeness (QED) is 0.606. The molecular weight excluding hydrogens is 371 g/mol. The van der Waals surface area contributed by atoms with Crippen molar-refractivity contribution in [3.63, 3.8) is 0 Å². The lowest BCUT2D eigenvalue weighted by molar-refractivity contribution is -0.137. The minimum Gasteiger partial charge on any atom is -0.497 e. The smallest absolute Gasteiger partial charge is 0.417 e. The Bertz CT molecular complexity index is 952. The largest absolute Gasteiger partial charge is 0.497 e. The predicted molar refractivity (Wildman–Crippen MR) is 98.9 cm³/mol. The molecule has 144 valence electrons. The highest BCUT2D eigenvalue weighted by Gasteiger charge is 2.34. The molecule has 3 aromatic carbocycles. The monoisotopic (exact) mass is 387 g/mol. The third kappa shape index (κ3) is 4.62. The van der Waals surface area contributed by atoms with E-state index in [1.165, 1.54) is 12.1 Å². The fourth-order valence-corrected chi connectivity index (χ4v) is 2.51. The molecule has 0 unspecified atom stereocenters. The van der Waals surface area contributed by atoms with Crippen molar-refractivity contribution in [2.24, 2.45) is 0 Å². The molecule has 0 spiro atoms. The van der Waals surface area contributed by atoms with Crippen molar-refractivity contribution in [2.75, 3.05) is 12.4 Å². The van der Waals surface area contributed by atoms with Gasteiger partial charge in [-0.2, -0.15) is 13.2 Å². The lowest BCUT2D eigenvalue weighted by Gasteiger charge is -2.13. The second kappa shape index (κ2) is 8.04. The zero-order valence-corrected chi connectivity index (χ0v) is 14.8. The molecule has 0 saturated heterocycles. The van der Waals surface area contributed by atoms with E-state index in [0.29, 0.717) is 22.9 Å². The minimum atomic E-state index is -4.61. The second-order valence-corrected chi connectivity index (χ2v) is 5.80. The summed E-state index contributed by atoms with van der Waals surface area (Å²) >= 11 is 0. The van der Waals surface area contributed by atoms with Gasteiger partial charge in [-0.3, -0.25) is 4.79 Å². The van der Waals surface area contributed by atoms with E-state index >= 15 is 0 Å². The number of hydrogen-bond donors (Lipinski definition) is 1. The van der Waals surface area contributed by atoms with Gasteiger partial charge in [-0.25, -0.2) is 0 Å². The van der Waals surface area contributed by atoms with Crippen molar-refractivity contribution in [3.8, 4) is 17.2 Å². The van der Waals surface area contributed by atoms with Crippen molar-refractivity contribution >= 4 is 11.6 Å². The van der Waals surface area contributed by atoms with Gasteiger partial charge in [-0.05, 0) is 60.7 Å². The molecular formula is C21H16F3NO3. The molecule has 3 rings (SSSR count). The number of halogens is 3. The Morgan fingerprint density at radius 2 is 1.36 bits per heavy atom. The van der Waals surface area contributed by atoms with Crippen LogP contribution in [0.2, 0.25) is 0 Å². The van der Waals surface area contributed by atoms with Gasteiger partial charge in [-0.15, -0.1) is 0 Å². The molecule has 0 aliphatic heterocycles. The molecule has 0 radical (unpaired) electrons. The maximum Gasteiger partial charge on any atom is 0.417 e. The molecule has 7 heteroatoms.